The lowest BCUT2D eigenvalue weighted by atomic mass is 10.2. The lowest BCUT2D eigenvalue weighted by Crippen LogP contribution is -2.19. The number of aromatic nitrogens is 2. The number of carbonyl (C=O) groups is 1. The maximum absolute atomic E-state index is 13.2. The van der Waals surface area contributed by atoms with Gasteiger partial charge in [-0.3, -0.25) is 9.36 Å². The molecule has 0 saturated heterocycles. The van der Waals surface area contributed by atoms with Crippen molar-refractivity contribution in [2.75, 3.05) is 24.3 Å². The molecular formula is C21H21ClFN3O2S. The first-order chi connectivity index (χ1) is 14.0. The van der Waals surface area contributed by atoms with Crippen LogP contribution in [0.1, 0.15) is 12.6 Å². The first-order valence-corrected chi connectivity index (χ1v) is 10.4. The largest absolute Gasteiger partial charge is 0.465 e. The highest BCUT2D eigenvalue weighted by molar-refractivity contribution is 7.99. The van der Waals surface area contributed by atoms with Gasteiger partial charge in [0.25, 0.3) is 0 Å². The Bertz CT molecular complexity index is 961. The van der Waals surface area contributed by atoms with Crippen LogP contribution in [-0.4, -0.2) is 34.9 Å². The van der Waals surface area contributed by atoms with Crippen LogP contribution in [0.25, 0.3) is 5.69 Å². The van der Waals surface area contributed by atoms with Gasteiger partial charge in [0.05, 0.1) is 30.8 Å². The Kier molecular flexibility index (Phi) is 7.17. The van der Waals surface area contributed by atoms with Gasteiger partial charge in [-0.05, 0) is 55.5 Å². The van der Waals surface area contributed by atoms with E-state index in [4.69, 9.17) is 16.3 Å². The van der Waals surface area contributed by atoms with E-state index in [1.54, 1.807) is 25.3 Å². The van der Waals surface area contributed by atoms with Gasteiger partial charge in [0.1, 0.15) is 5.82 Å². The van der Waals surface area contributed by atoms with Crippen molar-refractivity contribution in [1.29, 1.82) is 0 Å². The Balaban J connectivity index is 1.88. The van der Waals surface area contributed by atoms with Crippen molar-refractivity contribution in [3.05, 3.63) is 71.3 Å². The zero-order chi connectivity index (χ0) is 20.8. The summed E-state index contributed by atoms with van der Waals surface area (Å²) in [5.74, 6) is -0.384. The summed E-state index contributed by atoms with van der Waals surface area (Å²) in [5, 5.41) is 1.32. The number of esters is 1. The zero-order valence-electron chi connectivity index (χ0n) is 16.1. The third-order valence-electron chi connectivity index (χ3n) is 4.18. The van der Waals surface area contributed by atoms with Gasteiger partial charge < -0.3 is 9.64 Å². The first kappa shape index (κ1) is 21.2. The molecule has 8 heteroatoms. The second-order valence-corrected chi connectivity index (χ2v) is 7.65. The molecule has 1 heterocycles. The molecule has 0 saturated carbocycles. The summed E-state index contributed by atoms with van der Waals surface area (Å²) in [6.07, 6.45) is 1.78. The van der Waals surface area contributed by atoms with E-state index >= 15 is 0 Å². The van der Waals surface area contributed by atoms with E-state index < -0.39 is 0 Å². The van der Waals surface area contributed by atoms with Crippen LogP contribution in [-0.2, 0) is 16.1 Å². The fourth-order valence-electron chi connectivity index (χ4n) is 2.80. The highest BCUT2D eigenvalue weighted by Gasteiger charge is 2.16. The van der Waals surface area contributed by atoms with E-state index in [1.807, 2.05) is 40.8 Å². The number of imidazole rings is 1. The predicted octanol–water partition coefficient (Wildman–Crippen LogP) is 4.96. The molecule has 3 aromatic rings. The van der Waals surface area contributed by atoms with E-state index in [1.165, 1.54) is 23.9 Å². The first-order valence-electron chi connectivity index (χ1n) is 9.05. The van der Waals surface area contributed by atoms with Crippen LogP contribution >= 0.6 is 23.4 Å². The topological polar surface area (TPSA) is 47.4 Å². The van der Waals surface area contributed by atoms with Gasteiger partial charge in [-0.2, -0.15) is 0 Å². The Labute approximate surface area is 178 Å². The van der Waals surface area contributed by atoms with Crippen LogP contribution in [0.15, 0.2) is 59.9 Å². The molecule has 0 N–H and O–H groups in total. The molecule has 0 bridgehead atoms. The van der Waals surface area contributed by atoms with E-state index in [9.17, 15) is 9.18 Å². The van der Waals surface area contributed by atoms with Crippen molar-refractivity contribution in [2.45, 2.75) is 18.6 Å². The van der Waals surface area contributed by atoms with Gasteiger partial charge in [0.2, 0.25) is 0 Å². The summed E-state index contributed by atoms with van der Waals surface area (Å²) in [6.45, 7) is 2.67. The molecule has 0 unspecified atom stereocenters. The summed E-state index contributed by atoms with van der Waals surface area (Å²) < 4.78 is 20.2. The smallest absolute Gasteiger partial charge is 0.316 e. The Morgan fingerprint density at radius 3 is 2.55 bits per heavy atom. The molecule has 1 aromatic heterocycles. The fourth-order valence-corrected chi connectivity index (χ4v) is 3.74. The highest BCUT2D eigenvalue weighted by atomic mass is 35.5. The van der Waals surface area contributed by atoms with Crippen molar-refractivity contribution >= 4 is 35.0 Å². The molecule has 0 atom stereocenters. The van der Waals surface area contributed by atoms with Crippen LogP contribution < -0.4 is 4.90 Å². The molecule has 29 heavy (non-hydrogen) atoms. The van der Waals surface area contributed by atoms with E-state index in [2.05, 4.69) is 4.98 Å². The monoisotopic (exact) mass is 433 g/mol. The molecule has 5 nitrogen and oxygen atoms in total. The maximum Gasteiger partial charge on any atom is 0.316 e. The quantitative estimate of drug-likeness (QED) is 0.371. The van der Waals surface area contributed by atoms with Crippen molar-refractivity contribution in [1.82, 2.24) is 9.55 Å². The average Bonchev–Trinajstić information content (AvgIpc) is 3.10. The molecule has 0 aliphatic heterocycles. The average molecular weight is 434 g/mol. The molecule has 0 spiro atoms. The van der Waals surface area contributed by atoms with Crippen molar-refractivity contribution in [2.24, 2.45) is 0 Å². The number of hydrogen-bond acceptors (Lipinski definition) is 5. The third-order valence-corrected chi connectivity index (χ3v) is 5.36. The summed E-state index contributed by atoms with van der Waals surface area (Å²) in [5.41, 5.74) is 2.70. The summed E-state index contributed by atoms with van der Waals surface area (Å²) >= 11 is 7.35. The van der Waals surface area contributed by atoms with Crippen LogP contribution in [0.2, 0.25) is 5.02 Å². The molecule has 0 amide bonds. The van der Waals surface area contributed by atoms with Gasteiger partial charge in [-0.25, -0.2) is 9.37 Å². The van der Waals surface area contributed by atoms with Crippen LogP contribution in [0.3, 0.4) is 0 Å². The van der Waals surface area contributed by atoms with Crippen molar-refractivity contribution in [3.63, 3.8) is 0 Å². The number of ether oxygens (including phenoxy) is 1. The van der Waals surface area contributed by atoms with Crippen LogP contribution in [0.4, 0.5) is 10.1 Å². The van der Waals surface area contributed by atoms with Crippen molar-refractivity contribution in [3.8, 4) is 5.69 Å². The number of hydrogen-bond donors (Lipinski definition) is 0. The fraction of sp³-hybridized carbons (Fsp3) is 0.238. The molecule has 3 rings (SSSR count). The van der Waals surface area contributed by atoms with Crippen molar-refractivity contribution < 1.29 is 13.9 Å². The Morgan fingerprint density at radius 2 is 1.90 bits per heavy atom. The second-order valence-electron chi connectivity index (χ2n) is 6.27. The Morgan fingerprint density at radius 1 is 1.21 bits per heavy atom. The van der Waals surface area contributed by atoms with Crippen LogP contribution in [0.5, 0.6) is 0 Å². The molecule has 0 fully saturated rings. The number of benzene rings is 2. The third kappa shape index (κ3) is 5.52. The minimum atomic E-state index is -0.284. The van der Waals surface area contributed by atoms with Gasteiger partial charge in [0, 0.05) is 23.4 Å². The van der Waals surface area contributed by atoms with E-state index in [-0.39, 0.29) is 17.5 Å². The second kappa shape index (κ2) is 9.80. The summed E-state index contributed by atoms with van der Waals surface area (Å²) in [4.78, 5) is 18.3. The van der Waals surface area contributed by atoms with Gasteiger partial charge in [-0.1, -0.05) is 23.4 Å². The maximum atomic E-state index is 13.2. The summed E-state index contributed by atoms with van der Waals surface area (Å²) in [6, 6.07) is 13.8. The number of carbonyl (C=O) groups excluding carboxylic acids is 1. The predicted molar refractivity (Wildman–Crippen MR) is 114 cm³/mol. The Hall–Kier alpha value is -2.51. The van der Waals surface area contributed by atoms with Gasteiger partial charge in [-0.15, -0.1) is 0 Å². The molecule has 0 aliphatic rings. The van der Waals surface area contributed by atoms with Gasteiger partial charge >= 0.3 is 5.97 Å². The normalized spacial score (nSPS) is 10.8. The zero-order valence-corrected chi connectivity index (χ0v) is 17.7. The number of rotatable bonds is 8. The minimum Gasteiger partial charge on any atom is -0.465 e. The molecule has 0 aliphatic carbocycles. The number of thioether (sulfide) groups is 1. The minimum absolute atomic E-state index is 0.172. The molecule has 2 aromatic carbocycles. The van der Waals surface area contributed by atoms with Crippen LogP contribution in [0, 0.1) is 5.82 Å². The molecule has 0 radical (unpaired) electrons. The lowest BCUT2D eigenvalue weighted by Gasteiger charge is -2.21. The highest BCUT2D eigenvalue weighted by Crippen LogP contribution is 2.26. The lowest BCUT2D eigenvalue weighted by molar-refractivity contribution is -0.139. The SMILES string of the molecule is CCOC(=O)CSc1ncc(CN(C)c2ccc(F)cc2)n1-c1ccc(Cl)cc1. The van der Waals surface area contributed by atoms with E-state index in [0.717, 1.165) is 17.1 Å². The van der Waals surface area contributed by atoms with E-state index in [0.29, 0.717) is 23.3 Å². The van der Waals surface area contributed by atoms with Gasteiger partial charge in [0.15, 0.2) is 5.16 Å². The summed E-state index contributed by atoms with van der Waals surface area (Å²) in [7, 11) is 1.93. The molecular weight excluding hydrogens is 413 g/mol. The number of halogens is 2. The molecule has 152 valence electrons. The standard InChI is InChI=1S/C21H21ClFN3O2S/c1-3-28-20(27)14-29-21-24-12-19(26(21)18-8-4-15(22)5-9-18)13-25(2)17-10-6-16(23)7-11-17/h4-12H,3,13-14H2,1-2H3. The number of anilines is 1. The number of nitrogens with zero attached hydrogens (tertiary/aromatic N) is 3.